The van der Waals surface area contributed by atoms with Crippen LogP contribution in [0, 0.1) is 0 Å². The molecule has 0 bridgehead atoms. The van der Waals surface area contributed by atoms with Crippen molar-refractivity contribution in [3.05, 3.63) is 101 Å². The van der Waals surface area contributed by atoms with Crippen LogP contribution in [0.2, 0.25) is 0 Å². The number of aliphatic hydroxyl groups is 1. The number of hydrogen-bond donors (Lipinski definition) is 1. The number of likely N-dealkylation sites (N-methyl/N-ethyl adjacent to an activating group) is 1. The van der Waals surface area contributed by atoms with Gasteiger partial charge in [0.1, 0.15) is 23.9 Å². The third kappa shape index (κ3) is 6.49. The fourth-order valence-electron chi connectivity index (χ4n) is 4.79. The summed E-state index contributed by atoms with van der Waals surface area (Å²) in [5, 5.41) is 11.4. The molecule has 204 valence electrons. The second kappa shape index (κ2) is 13.1. The molecule has 1 amide bonds. The summed E-state index contributed by atoms with van der Waals surface area (Å²) in [6.45, 7) is 9.56. The summed E-state index contributed by atoms with van der Waals surface area (Å²) in [6, 6.07) is 23.5. The highest BCUT2D eigenvalue weighted by Crippen LogP contribution is 2.40. The van der Waals surface area contributed by atoms with Crippen LogP contribution in [0.5, 0.6) is 11.5 Å². The first-order chi connectivity index (χ1) is 19.0. The van der Waals surface area contributed by atoms with Crippen LogP contribution in [0.25, 0.3) is 5.76 Å². The van der Waals surface area contributed by atoms with E-state index in [9.17, 15) is 14.7 Å². The topological polar surface area (TPSA) is 79.3 Å². The Balaban J connectivity index is 1.69. The van der Waals surface area contributed by atoms with Gasteiger partial charge in [-0.1, -0.05) is 68.4 Å². The van der Waals surface area contributed by atoms with E-state index in [0.29, 0.717) is 43.4 Å². The quantitative estimate of drug-likeness (QED) is 0.192. The van der Waals surface area contributed by atoms with Crippen LogP contribution in [0.15, 0.2) is 84.4 Å². The zero-order valence-electron chi connectivity index (χ0n) is 22.8. The molecule has 7 nitrogen and oxygen atoms in total. The number of amides is 1. The maximum absolute atomic E-state index is 13.4. The van der Waals surface area contributed by atoms with Crippen molar-refractivity contribution in [2.75, 3.05) is 32.8 Å². The number of Topliss-reactive ketones (excluding diaryl/α,β-unsaturated/α-hetero) is 1. The summed E-state index contributed by atoms with van der Waals surface area (Å²) >= 11 is 0. The van der Waals surface area contributed by atoms with Crippen LogP contribution in [0.1, 0.15) is 43.5 Å². The molecule has 7 heteroatoms. The molecule has 0 aromatic heterocycles. The number of hydrogen-bond acceptors (Lipinski definition) is 6. The van der Waals surface area contributed by atoms with Gasteiger partial charge in [-0.05, 0) is 55.4 Å². The Bertz CT molecular complexity index is 1300. The van der Waals surface area contributed by atoms with E-state index in [1.54, 1.807) is 29.2 Å². The van der Waals surface area contributed by atoms with Crippen LogP contribution in [-0.4, -0.2) is 59.4 Å². The molecule has 1 N–H and O–H groups in total. The van der Waals surface area contributed by atoms with Gasteiger partial charge in [0, 0.05) is 18.7 Å². The average molecular weight is 529 g/mol. The lowest BCUT2D eigenvalue weighted by molar-refractivity contribution is -0.140. The molecule has 3 aromatic carbocycles. The first kappa shape index (κ1) is 27.9. The molecular formula is C32H36N2O5. The van der Waals surface area contributed by atoms with Crippen molar-refractivity contribution in [2.24, 2.45) is 0 Å². The summed E-state index contributed by atoms with van der Waals surface area (Å²) < 4.78 is 11.5. The van der Waals surface area contributed by atoms with E-state index >= 15 is 0 Å². The van der Waals surface area contributed by atoms with Crippen molar-refractivity contribution in [1.29, 1.82) is 0 Å². The summed E-state index contributed by atoms with van der Waals surface area (Å²) in [6.07, 6.45) is 0. The molecule has 1 fully saturated rings. The van der Waals surface area contributed by atoms with E-state index < -0.39 is 17.7 Å². The monoisotopic (exact) mass is 528 g/mol. The minimum atomic E-state index is -0.723. The lowest BCUT2D eigenvalue weighted by Crippen LogP contribution is -2.38. The largest absolute Gasteiger partial charge is 0.507 e. The van der Waals surface area contributed by atoms with Gasteiger partial charge < -0.3 is 24.4 Å². The number of nitrogens with zero attached hydrogens (tertiary/aromatic N) is 2. The highest BCUT2D eigenvalue weighted by atomic mass is 16.5. The third-order valence-electron chi connectivity index (χ3n) is 6.95. The van der Waals surface area contributed by atoms with Gasteiger partial charge in [-0.25, -0.2) is 0 Å². The molecule has 4 rings (SSSR count). The number of benzene rings is 3. The molecule has 1 heterocycles. The molecule has 1 aliphatic rings. The van der Waals surface area contributed by atoms with E-state index in [2.05, 4.69) is 18.7 Å². The van der Waals surface area contributed by atoms with Gasteiger partial charge in [0.05, 0.1) is 18.2 Å². The molecule has 0 saturated carbocycles. The van der Waals surface area contributed by atoms with Crippen LogP contribution < -0.4 is 9.47 Å². The zero-order chi connectivity index (χ0) is 27.8. The molecule has 1 atom stereocenters. The van der Waals surface area contributed by atoms with Crippen molar-refractivity contribution in [3.63, 3.8) is 0 Å². The van der Waals surface area contributed by atoms with Gasteiger partial charge in [0.15, 0.2) is 0 Å². The zero-order valence-corrected chi connectivity index (χ0v) is 22.8. The minimum absolute atomic E-state index is 0.0751. The van der Waals surface area contributed by atoms with Gasteiger partial charge in [-0.2, -0.15) is 0 Å². The lowest BCUT2D eigenvalue weighted by atomic mass is 9.95. The van der Waals surface area contributed by atoms with Crippen LogP contribution >= 0.6 is 0 Å². The van der Waals surface area contributed by atoms with E-state index in [-0.39, 0.29) is 11.3 Å². The number of likely N-dealkylation sites (tertiary alicyclic amines) is 1. The van der Waals surface area contributed by atoms with E-state index in [0.717, 1.165) is 24.2 Å². The first-order valence-corrected chi connectivity index (χ1v) is 13.5. The number of carbonyl (C=O) groups excluding carboxylic acids is 2. The van der Waals surface area contributed by atoms with Gasteiger partial charge in [-0.3, -0.25) is 9.59 Å². The summed E-state index contributed by atoms with van der Waals surface area (Å²) in [5.74, 6) is -0.266. The fourth-order valence-corrected chi connectivity index (χ4v) is 4.79. The third-order valence-corrected chi connectivity index (χ3v) is 6.95. The molecule has 3 aromatic rings. The SMILES string of the molecule is CCOc1cccc(/C(O)=C2\C(=O)C(=O)N(CCN(CC)CC)C2c2ccc(OCc3ccccc3)cc2)c1. The van der Waals surface area contributed by atoms with Gasteiger partial charge in [0.2, 0.25) is 0 Å². The Morgan fingerprint density at radius 1 is 0.872 bits per heavy atom. The van der Waals surface area contributed by atoms with Gasteiger partial charge in [-0.15, -0.1) is 0 Å². The number of aliphatic hydroxyl groups excluding tert-OH is 1. The molecule has 0 spiro atoms. The van der Waals surface area contributed by atoms with Gasteiger partial charge in [0.25, 0.3) is 11.7 Å². The average Bonchev–Trinajstić information content (AvgIpc) is 3.22. The van der Waals surface area contributed by atoms with Crippen molar-refractivity contribution in [2.45, 2.75) is 33.4 Å². The summed E-state index contributed by atoms with van der Waals surface area (Å²) in [5.41, 5.74) is 2.28. The number of ether oxygens (including phenoxy) is 2. The predicted molar refractivity (Wildman–Crippen MR) is 152 cm³/mol. The second-order valence-electron chi connectivity index (χ2n) is 9.32. The summed E-state index contributed by atoms with van der Waals surface area (Å²) in [4.78, 5) is 30.4. The van der Waals surface area contributed by atoms with Crippen molar-refractivity contribution < 1.29 is 24.2 Å². The standard InChI is InChI=1S/C32H36N2O5/c1-4-33(5-2)19-20-34-29(24-15-17-26(18-16-24)39-22-23-11-8-7-9-12-23)28(31(36)32(34)37)30(35)25-13-10-14-27(21-25)38-6-3/h7-18,21,29,35H,4-6,19-20,22H2,1-3H3/b30-28+. The lowest BCUT2D eigenvalue weighted by Gasteiger charge is -2.28. The highest BCUT2D eigenvalue weighted by Gasteiger charge is 2.46. The van der Waals surface area contributed by atoms with Crippen molar-refractivity contribution in [3.8, 4) is 11.5 Å². The van der Waals surface area contributed by atoms with E-state index in [4.69, 9.17) is 9.47 Å². The highest BCUT2D eigenvalue weighted by molar-refractivity contribution is 6.46. The Morgan fingerprint density at radius 3 is 2.26 bits per heavy atom. The van der Waals surface area contributed by atoms with E-state index in [1.807, 2.05) is 61.5 Å². The number of ketones is 1. The minimum Gasteiger partial charge on any atom is -0.507 e. The predicted octanol–water partition coefficient (Wildman–Crippen LogP) is 5.43. The van der Waals surface area contributed by atoms with Crippen molar-refractivity contribution in [1.82, 2.24) is 9.80 Å². The second-order valence-corrected chi connectivity index (χ2v) is 9.32. The summed E-state index contributed by atoms with van der Waals surface area (Å²) in [7, 11) is 0. The Labute approximate surface area is 230 Å². The Hall–Kier alpha value is -4.10. The molecule has 1 aliphatic heterocycles. The molecule has 1 saturated heterocycles. The molecule has 0 aliphatic carbocycles. The normalized spacial score (nSPS) is 16.6. The maximum atomic E-state index is 13.4. The van der Waals surface area contributed by atoms with Crippen molar-refractivity contribution >= 4 is 17.4 Å². The molecular weight excluding hydrogens is 492 g/mol. The number of carbonyl (C=O) groups is 2. The first-order valence-electron chi connectivity index (χ1n) is 13.5. The van der Waals surface area contributed by atoms with Crippen LogP contribution in [0.3, 0.4) is 0 Å². The van der Waals surface area contributed by atoms with Crippen LogP contribution in [0.4, 0.5) is 0 Å². The fraction of sp³-hybridized carbons (Fsp3) is 0.312. The Kier molecular flexibility index (Phi) is 9.39. The molecule has 1 unspecified atom stereocenters. The molecule has 0 radical (unpaired) electrons. The van der Waals surface area contributed by atoms with Gasteiger partial charge >= 0.3 is 0 Å². The van der Waals surface area contributed by atoms with Crippen LogP contribution in [-0.2, 0) is 16.2 Å². The molecule has 39 heavy (non-hydrogen) atoms. The number of rotatable bonds is 12. The Morgan fingerprint density at radius 2 is 1.59 bits per heavy atom. The van der Waals surface area contributed by atoms with E-state index in [1.165, 1.54) is 0 Å². The smallest absolute Gasteiger partial charge is 0.295 e. The maximum Gasteiger partial charge on any atom is 0.295 e.